The maximum Gasteiger partial charge on any atom is 0.407 e. The third-order valence-corrected chi connectivity index (χ3v) is 7.88. The summed E-state index contributed by atoms with van der Waals surface area (Å²) in [5, 5.41) is 21.3. The number of carbonyl (C=O) groups excluding carboxylic acids is 4. The van der Waals surface area contributed by atoms with Gasteiger partial charge in [0.05, 0.1) is 12.0 Å². The van der Waals surface area contributed by atoms with Crippen LogP contribution in [0.3, 0.4) is 0 Å². The van der Waals surface area contributed by atoms with Crippen molar-refractivity contribution in [2.24, 2.45) is 5.92 Å². The minimum absolute atomic E-state index is 0.165. The summed E-state index contributed by atoms with van der Waals surface area (Å²) in [6, 6.07) is 17.6. The average Bonchev–Trinajstić information content (AvgIpc) is 3.56. The topological polar surface area (TPSA) is 150 Å². The zero-order valence-corrected chi connectivity index (χ0v) is 25.7. The normalized spacial score (nSPS) is 12.8. The standard InChI is InChI=1S/C32H41N5O6S/c1-2-28(37(42)23-38)26(17-11-16-24-12-5-3-6-13-24)29(39)35-27(30(40)36-31-33-20-21-44-31)18-9-10-19-34-32(41)43-22-25-14-7-4-8-15-25/h3-8,12-15,20-21,23,26-28,42H,2,9-11,16-19,22H2,1H3,(H,34,41)(H,35,39)(H,33,36,40)/t26-,27+,28+/m1/s1. The van der Waals surface area contributed by atoms with Gasteiger partial charge >= 0.3 is 6.09 Å². The van der Waals surface area contributed by atoms with E-state index in [0.29, 0.717) is 61.7 Å². The number of ether oxygens (including phenoxy) is 1. The van der Waals surface area contributed by atoms with Crippen LogP contribution in [0.5, 0.6) is 0 Å². The van der Waals surface area contributed by atoms with Crippen LogP contribution in [0.1, 0.15) is 56.6 Å². The number of aromatic nitrogens is 1. The van der Waals surface area contributed by atoms with E-state index in [-0.39, 0.29) is 6.61 Å². The molecule has 0 aliphatic carbocycles. The molecule has 0 unspecified atom stereocenters. The summed E-state index contributed by atoms with van der Waals surface area (Å²) >= 11 is 1.26. The fraction of sp³-hybridized carbons (Fsp3) is 0.406. The summed E-state index contributed by atoms with van der Waals surface area (Å²) in [4.78, 5) is 54.5. The number of rotatable bonds is 19. The van der Waals surface area contributed by atoms with Gasteiger partial charge in [-0.05, 0) is 56.1 Å². The lowest BCUT2D eigenvalue weighted by molar-refractivity contribution is -0.168. The second kappa shape index (κ2) is 19.1. The Morgan fingerprint density at radius 2 is 1.68 bits per heavy atom. The first-order valence-corrected chi connectivity index (χ1v) is 15.7. The van der Waals surface area contributed by atoms with Gasteiger partial charge in [-0.2, -0.15) is 0 Å². The number of aryl methyl sites for hydroxylation is 1. The van der Waals surface area contributed by atoms with Crippen molar-refractivity contribution in [1.82, 2.24) is 20.7 Å². The highest BCUT2D eigenvalue weighted by Crippen LogP contribution is 2.21. The quantitative estimate of drug-likeness (QED) is 0.0640. The van der Waals surface area contributed by atoms with Crippen molar-refractivity contribution < 1.29 is 29.1 Å². The van der Waals surface area contributed by atoms with Crippen LogP contribution in [-0.4, -0.2) is 58.2 Å². The number of anilines is 1. The van der Waals surface area contributed by atoms with Crippen molar-refractivity contribution in [3.63, 3.8) is 0 Å². The van der Waals surface area contributed by atoms with Crippen molar-refractivity contribution in [2.75, 3.05) is 11.9 Å². The van der Waals surface area contributed by atoms with Crippen molar-refractivity contribution in [3.8, 4) is 0 Å². The molecule has 0 fully saturated rings. The van der Waals surface area contributed by atoms with Crippen molar-refractivity contribution in [2.45, 2.75) is 70.6 Å². The Bertz CT molecular complexity index is 1280. The van der Waals surface area contributed by atoms with Gasteiger partial charge in [-0.3, -0.25) is 19.6 Å². The second-order valence-electron chi connectivity index (χ2n) is 10.3. The molecular formula is C32H41N5O6S. The molecule has 3 rings (SSSR count). The van der Waals surface area contributed by atoms with E-state index in [1.54, 1.807) is 18.5 Å². The number of nitrogens with zero attached hydrogens (tertiary/aromatic N) is 2. The molecule has 0 spiro atoms. The van der Waals surface area contributed by atoms with Crippen LogP contribution >= 0.6 is 11.3 Å². The van der Waals surface area contributed by atoms with Gasteiger partial charge in [-0.1, -0.05) is 67.6 Å². The van der Waals surface area contributed by atoms with Crippen molar-refractivity contribution >= 4 is 40.8 Å². The highest BCUT2D eigenvalue weighted by atomic mass is 32.1. The van der Waals surface area contributed by atoms with E-state index >= 15 is 0 Å². The first-order valence-electron chi connectivity index (χ1n) is 14.8. The maximum absolute atomic E-state index is 13.7. The lowest BCUT2D eigenvalue weighted by Gasteiger charge is -2.30. The number of alkyl carbamates (subject to hydrolysis) is 1. The van der Waals surface area contributed by atoms with Gasteiger partial charge in [0.25, 0.3) is 0 Å². The Balaban J connectivity index is 1.59. The molecule has 3 aromatic rings. The summed E-state index contributed by atoms with van der Waals surface area (Å²) in [5.41, 5.74) is 2.00. The molecular weight excluding hydrogens is 582 g/mol. The minimum atomic E-state index is -0.895. The van der Waals surface area contributed by atoms with Gasteiger partial charge in [-0.15, -0.1) is 11.3 Å². The molecule has 11 nitrogen and oxygen atoms in total. The molecule has 0 saturated heterocycles. The number of nitrogens with one attached hydrogen (secondary N) is 3. The molecule has 1 aromatic heterocycles. The summed E-state index contributed by atoms with van der Waals surface area (Å²) < 4.78 is 5.23. The maximum atomic E-state index is 13.7. The van der Waals surface area contributed by atoms with Crippen molar-refractivity contribution in [3.05, 3.63) is 83.4 Å². The fourth-order valence-electron chi connectivity index (χ4n) is 4.87. The smallest absolute Gasteiger partial charge is 0.407 e. The van der Waals surface area contributed by atoms with E-state index in [9.17, 15) is 24.4 Å². The van der Waals surface area contributed by atoms with Gasteiger partial charge in [-0.25, -0.2) is 14.8 Å². The molecule has 0 aliphatic rings. The Hall–Kier alpha value is -4.29. The van der Waals surface area contributed by atoms with Crippen LogP contribution in [-0.2, 0) is 32.1 Å². The van der Waals surface area contributed by atoms with Crippen LogP contribution in [0.25, 0.3) is 0 Å². The molecule has 0 aliphatic heterocycles. The summed E-state index contributed by atoms with van der Waals surface area (Å²) in [5.74, 6) is -1.58. The molecule has 12 heteroatoms. The highest BCUT2D eigenvalue weighted by molar-refractivity contribution is 7.13. The Labute approximate surface area is 262 Å². The fourth-order valence-corrected chi connectivity index (χ4v) is 5.40. The Morgan fingerprint density at radius 1 is 0.977 bits per heavy atom. The zero-order valence-electron chi connectivity index (χ0n) is 24.9. The van der Waals surface area contributed by atoms with E-state index in [1.807, 2.05) is 60.7 Å². The predicted octanol–water partition coefficient (Wildman–Crippen LogP) is 4.93. The molecule has 0 saturated carbocycles. The van der Waals surface area contributed by atoms with Gasteiger partial charge in [0.2, 0.25) is 18.2 Å². The monoisotopic (exact) mass is 623 g/mol. The minimum Gasteiger partial charge on any atom is -0.445 e. The SMILES string of the molecule is CC[C@@H]([C@@H](CCCc1ccccc1)C(=O)N[C@@H](CCCCNC(=O)OCc1ccccc1)C(=O)Nc1nccs1)N(O)C=O. The third kappa shape index (κ3) is 11.8. The summed E-state index contributed by atoms with van der Waals surface area (Å²) in [6.45, 7) is 2.29. The van der Waals surface area contributed by atoms with Crippen LogP contribution in [0.4, 0.5) is 9.93 Å². The first-order chi connectivity index (χ1) is 21.4. The van der Waals surface area contributed by atoms with Gasteiger partial charge < -0.3 is 20.7 Å². The molecule has 2 aromatic carbocycles. The molecule has 4 N–H and O–H groups in total. The predicted molar refractivity (Wildman–Crippen MR) is 168 cm³/mol. The first kappa shape index (κ1) is 34.2. The van der Waals surface area contributed by atoms with Gasteiger partial charge in [0, 0.05) is 18.1 Å². The van der Waals surface area contributed by atoms with Gasteiger partial charge in [0.1, 0.15) is 12.6 Å². The van der Waals surface area contributed by atoms with Crippen LogP contribution in [0, 0.1) is 5.92 Å². The van der Waals surface area contributed by atoms with E-state index in [0.717, 1.165) is 17.5 Å². The number of carbonyl (C=O) groups is 4. The zero-order chi connectivity index (χ0) is 31.6. The van der Waals surface area contributed by atoms with Crippen LogP contribution < -0.4 is 16.0 Å². The van der Waals surface area contributed by atoms with Crippen molar-refractivity contribution in [1.29, 1.82) is 0 Å². The van der Waals surface area contributed by atoms with E-state index in [4.69, 9.17) is 4.74 Å². The van der Waals surface area contributed by atoms with E-state index < -0.39 is 35.9 Å². The second-order valence-corrected chi connectivity index (χ2v) is 11.2. The number of hydrogen-bond acceptors (Lipinski definition) is 8. The van der Waals surface area contributed by atoms with E-state index in [2.05, 4.69) is 20.9 Å². The lowest BCUT2D eigenvalue weighted by Crippen LogP contribution is -2.51. The van der Waals surface area contributed by atoms with E-state index in [1.165, 1.54) is 11.3 Å². The van der Waals surface area contributed by atoms with Gasteiger partial charge in [0.15, 0.2) is 5.13 Å². The highest BCUT2D eigenvalue weighted by Gasteiger charge is 2.33. The Morgan fingerprint density at radius 3 is 2.32 bits per heavy atom. The number of hydrogen-bond donors (Lipinski definition) is 4. The van der Waals surface area contributed by atoms with Crippen LogP contribution in [0.15, 0.2) is 72.2 Å². The summed E-state index contributed by atoms with van der Waals surface area (Å²) in [7, 11) is 0. The molecule has 3 atom stereocenters. The molecule has 44 heavy (non-hydrogen) atoms. The lowest BCUT2D eigenvalue weighted by atomic mass is 9.89. The number of unbranched alkanes of at least 4 members (excludes halogenated alkanes) is 1. The Kier molecular flexibility index (Phi) is 14.8. The summed E-state index contributed by atoms with van der Waals surface area (Å²) in [6.07, 6.45) is 4.82. The molecule has 236 valence electrons. The largest absolute Gasteiger partial charge is 0.445 e. The third-order valence-electron chi connectivity index (χ3n) is 7.19. The molecule has 0 bridgehead atoms. The molecule has 0 radical (unpaired) electrons. The molecule has 4 amide bonds. The number of benzene rings is 2. The van der Waals surface area contributed by atoms with Crippen LogP contribution in [0.2, 0.25) is 0 Å². The number of amides is 4. The number of thiazole rings is 1. The molecule has 1 heterocycles. The average molecular weight is 624 g/mol. The number of hydroxylamine groups is 2.